The van der Waals surface area contributed by atoms with Gasteiger partial charge in [0.25, 0.3) is 0 Å². The Labute approximate surface area is 125 Å². The van der Waals surface area contributed by atoms with E-state index in [0.717, 1.165) is 17.2 Å². The molecule has 0 radical (unpaired) electrons. The predicted molar refractivity (Wildman–Crippen MR) is 82.2 cm³/mol. The summed E-state index contributed by atoms with van der Waals surface area (Å²) in [6.07, 6.45) is 6.06. The minimum atomic E-state index is 0.0498. The molecule has 2 N–H and O–H groups in total. The van der Waals surface area contributed by atoms with Gasteiger partial charge in [-0.2, -0.15) is 0 Å². The molecule has 3 heteroatoms. The van der Waals surface area contributed by atoms with Crippen molar-refractivity contribution in [1.29, 1.82) is 0 Å². The van der Waals surface area contributed by atoms with Gasteiger partial charge in [-0.05, 0) is 53.4 Å². The van der Waals surface area contributed by atoms with Gasteiger partial charge in [-0.15, -0.1) is 0 Å². The van der Waals surface area contributed by atoms with E-state index >= 15 is 0 Å². The third-order valence-corrected chi connectivity index (χ3v) is 5.16. The third kappa shape index (κ3) is 2.04. The summed E-state index contributed by atoms with van der Waals surface area (Å²) >= 11 is 0. The number of aryl methyl sites for hydroxylation is 1. The van der Waals surface area contributed by atoms with Gasteiger partial charge in [0.05, 0.1) is 13.3 Å². The normalized spacial score (nSPS) is 27.4. The fraction of sp³-hybridized carbons (Fsp3) is 0.389. The number of aromatic nitrogens is 1. The molecule has 0 saturated heterocycles. The number of pyridine rings is 1. The summed E-state index contributed by atoms with van der Waals surface area (Å²) in [5.41, 5.74) is 10.7. The highest BCUT2D eigenvalue weighted by Gasteiger charge is 2.55. The zero-order chi connectivity index (χ0) is 14.4. The Kier molecular flexibility index (Phi) is 2.96. The van der Waals surface area contributed by atoms with Gasteiger partial charge in [0.1, 0.15) is 5.75 Å². The standard InChI is InChI=1S/C18H20N2O/c1-21-13-8-12(9-20-10-13)18(19)17-15-7-6-11-4-2-3-5-14(11)16(15)17/h2-5,8-10,15-18H,6-7,19H2,1H3. The van der Waals surface area contributed by atoms with Crippen LogP contribution in [0.4, 0.5) is 0 Å². The maximum absolute atomic E-state index is 6.55. The largest absolute Gasteiger partial charge is 0.495 e. The van der Waals surface area contributed by atoms with Crippen molar-refractivity contribution in [2.24, 2.45) is 17.6 Å². The molecule has 4 unspecified atom stereocenters. The molecule has 1 aromatic carbocycles. The molecule has 2 aromatic rings. The molecule has 2 aliphatic carbocycles. The van der Waals surface area contributed by atoms with Gasteiger partial charge in [0.2, 0.25) is 0 Å². The highest BCUT2D eigenvalue weighted by molar-refractivity contribution is 5.41. The summed E-state index contributed by atoms with van der Waals surface area (Å²) in [6.45, 7) is 0. The van der Waals surface area contributed by atoms with Gasteiger partial charge in [-0.3, -0.25) is 4.98 Å². The Morgan fingerprint density at radius 1 is 1.29 bits per heavy atom. The number of nitrogens with two attached hydrogens (primary N) is 1. The lowest BCUT2D eigenvalue weighted by atomic mass is 9.92. The average molecular weight is 280 g/mol. The van der Waals surface area contributed by atoms with E-state index in [1.54, 1.807) is 13.3 Å². The molecule has 1 saturated carbocycles. The van der Waals surface area contributed by atoms with E-state index in [-0.39, 0.29) is 6.04 Å². The Balaban J connectivity index is 1.61. The molecule has 0 spiro atoms. The molecule has 1 aromatic heterocycles. The number of benzene rings is 1. The molecular formula is C18H20N2O. The monoisotopic (exact) mass is 280 g/mol. The predicted octanol–water partition coefficient (Wildman–Crippen LogP) is 3.07. The van der Waals surface area contributed by atoms with Gasteiger partial charge < -0.3 is 10.5 Å². The van der Waals surface area contributed by atoms with E-state index in [2.05, 4.69) is 29.2 Å². The van der Waals surface area contributed by atoms with Crippen molar-refractivity contribution < 1.29 is 4.74 Å². The fourth-order valence-corrected chi connectivity index (χ4v) is 4.06. The van der Waals surface area contributed by atoms with Crippen LogP contribution in [0.3, 0.4) is 0 Å². The second kappa shape index (κ2) is 4.85. The van der Waals surface area contributed by atoms with Crippen LogP contribution in [0.1, 0.15) is 35.1 Å². The van der Waals surface area contributed by atoms with Crippen molar-refractivity contribution in [1.82, 2.24) is 4.98 Å². The van der Waals surface area contributed by atoms with Crippen molar-refractivity contribution in [3.05, 3.63) is 59.4 Å². The molecule has 1 heterocycles. The molecule has 4 rings (SSSR count). The molecule has 0 aliphatic heterocycles. The van der Waals surface area contributed by atoms with Crippen LogP contribution in [0, 0.1) is 11.8 Å². The van der Waals surface area contributed by atoms with Crippen LogP contribution < -0.4 is 10.5 Å². The summed E-state index contributed by atoms with van der Waals surface area (Å²) in [4.78, 5) is 4.24. The second-order valence-corrected chi connectivity index (χ2v) is 6.19. The molecule has 1 fully saturated rings. The van der Waals surface area contributed by atoms with Crippen molar-refractivity contribution in [2.45, 2.75) is 24.8 Å². The van der Waals surface area contributed by atoms with E-state index < -0.39 is 0 Å². The van der Waals surface area contributed by atoms with Crippen molar-refractivity contribution in [3.63, 3.8) is 0 Å². The molecule has 108 valence electrons. The first kappa shape index (κ1) is 12.8. The van der Waals surface area contributed by atoms with Crippen molar-refractivity contribution >= 4 is 0 Å². The van der Waals surface area contributed by atoms with Crippen LogP contribution in [-0.2, 0) is 6.42 Å². The smallest absolute Gasteiger partial charge is 0.137 e. The molecule has 3 nitrogen and oxygen atoms in total. The summed E-state index contributed by atoms with van der Waals surface area (Å²) in [5.74, 6) is 2.70. The van der Waals surface area contributed by atoms with E-state index in [9.17, 15) is 0 Å². The topological polar surface area (TPSA) is 48.1 Å². The lowest BCUT2D eigenvalue weighted by Crippen LogP contribution is -2.14. The van der Waals surface area contributed by atoms with Crippen molar-refractivity contribution in [3.8, 4) is 5.75 Å². The van der Waals surface area contributed by atoms with Crippen molar-refractivity contribution in [2.75, 3.05) is 7.11 Å². The first-order valence-corrected chi connectivity index (χ1v) is 7.62. The summed E-state index contributed by atoms with van der Waals surface area (Å²) in [7, 11) is 1.67. The molecule has 4 atom stereocenters. The zero-order valence-electron chi connectivity index (χ0n) is 12.2. The van der Waals surface area contributed by atoms with Crippen LogP contribution in [0.5, 0.6) is 5.75 Å². The Hall–Kier alpha value is -1.87. The first-order valence-electron chi connectivity index (χ1n) is 7.62. The number of methoxy groups -OCH3 is 1. The van der Waals surface area contributed by atoms with E-state index in [0.29, 0.717) is 11.8 Å². The molecule has 21 heavy (non-hydrogen) atoms. The third-order valence-electron chi connectivity index (χ3n) is 5.16. The minimum absolute atomic E-state index is 0.0498. The molecule has 2 aliphatic rings. The van der Waals surface area contributed by atoms with Crippen LogP contribution in [0.15, 0.2) is 42.7 Å². The maximum atomic E-state index is 6.55. The Morgan fingerprint density at radius 2 is 2.14 bits per heavy atom. The van der Waals surface area contributed by atoms with Gasteiger partial charge >= 0.3 is 0 Å². The van der Waals surface area contributed by atoms with Gasteiger partial charge in [0.15, 0.2) is 0 Å². The highest BCUT2D eigenvalue weighted by atomic mass is 16.5. The highest BCUT2D eigenvalue weighted by Crippen LogP contribution is 2.63. The van der Waals surface area contributed by atoms with Gasteiger partial charge in [0, 0.05) is 12.2 Å². The number of nitrogens with zero attached hydrogens (tertiary/aromatic N) is 1. The van der Waals surface area contributed by atoms with E-state index in [1.807, 2.05) is 12.3 Å². The molecular weight excluding hydrogens is 260 g/mol. The number of fused-ring (bicyclic) bond motifs is 3. The second-order valence-electron chi connectivity index (χ2n) is 6.19. The van der Waals surface area contributed by atoms with Gasteiger partial charge in [-0.1, -0.05) is 24.3 Å². The number of rotatable bonds is 3. The summed E-state index contributed by atoms with van der Waals surface area (Å²) < 4.78 is 5.26. The number of hydrogen-bond acceptors (Lipinski definition) is 3. The zero-order valence-corrected chi connectivity index (χ0v) is 12.2. The minimum Gasteiger partial charge on any atom is -0.495 e. The van der Waals surface area contributed by atoms with Crippen LogP contribution in [-0.4, -0.2) is 12.1 Å². The van der Waals surface area contributed by atoms with Crippen LogP contribution in [0.25, 0.3) is 0 Å². The van der Waals surface area contributed by atoms with Crippen LogP contribution >= 0.6 is 0 Å². The lowest BCUT2D eigenvalue weighted by Gasteiger charge is -2.14. The number of hydrogen-bond donors (Lipinski definition) is 1. The SMILES string of the molecule is COc1cncc(C(N)C2C3CCc4ccccc4C32)c1. The van der Waals surface area contributed by atoms with E-state index in [1.165, 1.54) is 24.0 Å². The van der Waals surface area contributed by atoms with E-state index in [4.69, 9.17) is 10.5 Å². The molecule has 0 bridgehead atoms. The Bertz CT molecular complexity index is 670. The first-order chi connectivity index (χ1) is 10.3. The fourth-order valence-electron chi connectivity index (χ4n) is 4.06. The quantitative estimate of drug-likeness (QED) is 0.940. The Morgan fingerprint density at radius 3 is 3.00 bits per heavy atom. The summed E-state index contributed by atoms with van der Waals surface area (Å²) in [6, 6.07) is 10.9. The maximum Gasteiger partial charge on any atom is 0.137 e. The number of ether oxygens (including phenoxy) is 1. The summed E-state index contributed by atoms with van der Waals surface area (Å²) in [5, 5.41) is 0. The molecule has 0 amide bonds. The lowest BCUT2D eigenvalue weighted by molar-refractivity contribution is 0.411. The van der Waals surface area contributed by atoms with Crippen LogP contribution in [0.2, 0.25) is 0 Å². The van der Waals surface area contributed by atoms with Gasteiger partial charge in [-0.25, -0.2) is 0 Å². The average Bonchev–Trinajstić information content (AvgIpc) is 3.29.